The second kappa shape index (κ2) is 12.1. The third-order valence-corrected chi connectivity index (χ3v) is 41.7. The molecule has 0 radical (unpaired) electrons. The molecule has 180 valence electrons. The average Bonchev–Trinajstić information content (AvgIpc) is 2.30. The van der Waals surface area contributed by atoms with E-state index in [1.54, 1.807) is 0 Å². The van der Waals surface area contributed by atoms with E-state index < -0.39 is 48.4 Å². The average molecular weight is 660 g/mol. The van der Waals surface area contributed by atoms with Crippen LogP contribution in [0.4, 0.5) is 0 Å². The Kier molecular flexibility index (Phi) is 15.0. The van der Waals surface area contributed by atoms with Gasteiger partial charge in [0.1, 0.15) is 0 Å². The summed E-state index contributed by atoms with van der Waals surface area (Å²) >= 11 is 0. The zero-order chi connectivity index (χ0) is 23.6. The van der Waals surface area contributed by atoms with Crippen LogP contribution in [-0.4, -0.2) is 48.4 Å². The van der Waals surface area contributed by atoms with Crippen molar-refractivity contribution in [3.63, 3.8) is 0 Å². The van der Waals surface area contributed by atoms with Gasteiger partial charge in [0.25, 0.3) is 0 Å². The molecule has 0 saturated carbocycles. The molecule has 0 aromatic rings. The molecule has 0 amide bonds. The van der Waals surface area contributed by atoms with E-state index in [0.29, 0.717) is 0 Å². The number of hydrogen-bond donors (Lipinski definition) is 0. The van der Waals surface area contributed by atoms with Gasteiger partial charge >= 0.3 is 46.9 Å². The van der Waals surface area contributed by atoms with E-state index in [1.807, 2.05) is 9.58 Å². The maximum atomic E-state index is 4.07. The Morgan fingerprint density at radius 2 is 0.552 bits per heavy atom. The monoisotopic (exact) mass is 660 g/mol. The first-order chi connectivity index (χ1) is 11.9. The van der Waals surface area contributed by atoms with Crippen molar-refractivity contribution in [1.82, 2.24) is 0 Å². The third kappa shape index (κ3) is 12.4. The fourth-order valence-corrected chi connectivity index (χ4v) is 56.9. The zero-order valence-corrected chi connectivity index (χ0v) is 30.6. The van der Waals surface area contributed by atoms with Crippen molar-refractivity contribution in [3.05, 3.63) is 34.1 Å². The minimum Gasteiger partial charge on any atom is -0.307 e. The first-order valence-electron chi connectivity index (χ1n) is 10.9. The molecule has 0 bridgehead atoms. The van der Waals surface area contributed by atoms with Gasteiger partial charge in [-0.15, -0.1) is 56.9 Å². The maximum Gasteiger partial charge on any atom is 2.00 e. The van der Waals surface area contributed by atoms with E-state index in [2.05, 4.69) is 129 Å². The molecule has 0 saturated heterocycles. The van der Waals surface area contributed by atoms with Crippen LogP contribution in [0.1, 0.15) is 0 Å². The zero-order valence-electron chi connectivity index (χ0n) is 22.8. The summed E-state index contributed by atoms with van der Waals surface area (Å²) < 4.78 is 0. The SMILES string of the molecule is C=C[Si](C)(C)[C-]([Si](C)(C)C)[Si](C)(C)C.C=C[Si](C)(C)[C-]([Si](C)(C)C)[Si](C)(C)C.[Yb+2]. The summed E-state index contributed by atoms with van der Waals surface area (Å²) in [5.74, 6) is 0. The predicted molar refractivity (Wildman–Crippen MR) is 155 cm³/mol. The molecule has 0 rings (SSSR count). The maximum absolute atomic E-state index is 4.07. The van der Waals surface area contributed by atoms with Crippen molar-refractivity contribution >= 4 is 48.4 Å². The molecule has 0 heterocycles. The summed E-state index contributed by atoms with van der Waals surface area (Å²) in [7, 11) is -6.99. The Morgan fingerprint density at radius 3 is 0.586 bits per heavy atom. The molecular weight excluding hydrogens is 606 g/mol. The Balaban J connectivity index is -0.000000451. The largest absolute Gasteiger partial charge is 2.00 e. The Bertz CT molecular complexity index is 437. The van der Waals surface area contributed by atoms with Gasteiger partial charge < -0.3 is 9.58 Å². The first-order valence-corrected chi connectivity index (χ1v) is 31.0. The summed E-state index contributed by atoms with van der Waals surface area (Å²) in [6.07, 6.45) is 0. The van der Waals surface area contributed by atoms with Crippen molar-refractivity contribution in [3.8, 4) is 0 Å². The fourth-order valence-electron chi connectivity index (χ4n) is 6.32. The van der Waals surface area contributed by atoms with Crippen LogP contribution in [0.2, 0.25) is 105 Å². The van der Waals surface area contributed by atoms with E-state index in [-0.39, 0.29) is 46.9 Å². The Morgan fingerprint density at radius 1 is 0.414 bits per heavy atom. The van der Waals surface area contributed by atoms with Gasteiger partial charge in [0.15, 0.2) is 0 Å². The molecule has 0 aromatic heterocycles. The summed E-state index contributed by atoms with van der Waals surface area (Å²) in [5, 5.41) is 0. The van der Waals surface area contributed by atoms with Crippen molar-refractivity contribution < 1.29 is 46.9 Å². The molecule has 0 fully saturated rings. The van der Waals surface area contributed by atoms with E-state index in [4.69, 9.17) is 0 Å². The predicted octanol–water partition coefficient (Wildman–Crippen LogP) is 8.58. The molecule has 0 spiro atoms. The second-order valence-electron chi connectivity index (χ2n) is 13.6. The molecule has 7 heteroatoms. The van der Waals surface area contributed by atoms with Gasteiger partial charge in [0, 0.05) is 0 Å². The molecular formula is C22H54Si6Yb. The smallest absolute Gasteiger partial charge is 0.307 e. The van der Waals surface area contributed by atoms with Gasteiger partial charge in [-0.1, -0.05) is 121 Å². The number of hydrogen-bond acceptors (Lipinski definition) is 0. The van der Waals surface area contributed by atoms with Gasteiger partial charge in [-0.3, -0.25) is 0 Å². The van der Waals surface area contributed by atoms with E-state index in [9.17, 15) is 0 Å². The fraction of sp³-hybridized carbons (Fsp3) is 0.727. The van der Waals surface area contributed by atoms with Crippen molar-refractivity contribution in [2.45, 2.75) is 105 Å². The molecule has 0 aromatic carbocycles. The first kappa shape index (κ1) is 35.9. The molecule has 0 aliphatic heterocycles. The molecule has 0 N–H and O–H groups in total. The Hall–Kier alpha value is 2.30. The molecule has 0 aliphatic rings. The van der Waals surface area contributed by atoms with Crippen LogP contribution in [0.5, 0.6) is 0 Å². The minimum atomic E-state index is -1.27. The molecule has 0 atom stereocenters. The quantitative estimate of drug-likeness (QED) is 0.181. The normalized spacial score (nSPS) is 14.1. The standard InChI is InChI=1S/2C11H27Si3.Yb/c2*1-10-14(8,9)11(12(2,3)4)13(5,6)7;/h2*10H,1H2,2-9H3;/q2*-1;+2. The molecule has 0 aliphatic carbocycles. The van der Waals surface area contributed by atoms with E-state index in [1.165, 1.54) is 0 Å². The van der Waals surface area contributed by atoms with Crippen molar-refractivity contribution in [2.24, 2.45) is 0 Å². The summed E-state index contributed by atoms with van der Waals surface area (Å²) in [6, 6.07) is 0. The molecule has 0 nitrogen and oxygen atoms in total. The van der Waals surface area contributed by atoms with Crippen LogP contribution in [-0.2, 0) is 0 Å². The third-order valence-electron chi connectivity index (χ3n) is 5.31. The van der Waals surface area contributed by atoms with Gasteiger partial charge in [-0.05, 0) is 0 Å². The summed E-state index contributed by atoms with van der Waals surface area (Å²) in [5.41, 5.74) is 4.55. The van der Waals surface area contributed by atoms with Crippen molar-refractivity contribution in [2.75, 3.05) is 0 Å². The minimum absolute atomic E-state index is 0. The van der Waals surface area contributed by atoms with Gasteiger partial charge in [-0.25, -0.2) is 0 Å². The molecule has 29 heavy (non-hydrogen) atoms. The topological polar surface area (TPSA) is 0 Å². The Labute approximate surface area is 231 Å². The van der Waals surface area contributed by atoms with Crippen LogP contribution in [0, 0.1) is 56.5 Å². The van der Waals surface area contributed by atoms with Gasteiger partial charge in [0.05, 0.1) is 0 Å². The van der Waals surface area contributed by atoms with Crippen LogP contribution in [0.3, 0.4) is 0 Å². The van der Waals surface area contributed by atoms with Crippen LogP contribution in [0.15, 0.2) is 24.6 Å². The van der Waals surface area contributed by atoms with Crippen LogP contribution < -0.4 is 0 Å². The van der Waals surface area contributed by atoms with Crippen LogP contribution >= 0.6 is 0 Å². The van der Waals surface area contributed by atoms with Gasteiger partial charge in [-0.2, -0.15) is 0 Å². The number of rotatable bonds is 8. The second-order valence-corrected chi connectivity index (χ2v) is 45.3. The van der Waals surface area contributed by atoms with Gasteiger partial charge in [0.2, 0.25) is 0 Å². The molecule has 0 unspecified atom stereocenters. The van der Waals surface area contributed by atoms with E-state index >= 15 is 0 Å². The summed E-state index contributed by atoms with van der Waals surface area (Å²) in [4.78, 5) is 3.96. The van der Waals surface area contributed by atoms with E-state index in [0.717, 1.165) is 0 Å². The van der Waals surface area contributed by atoms with Crippen molar-refractivity contribution in [1.29, 1.82) is 0 Å². The van der Waals surface area contributed by atoms with Crippen LogP contribution in [0.25, 0.3) is 0 Å². The summed E-state index contributed by atoms with van der Waals surface area (Å²) in [6.45, 7) is 48.0.